The Hall–Kier alpha value is -2.95. The summed E-state index contributed by atoms with van der Waals surface area (Å²) in [7, 11) is 1.22. The summed E-state index contributed by atoms with van der Waals surface area (Å²) in [5.41, 5.74) is 1.33. The average molecular weight is 580 g/mol. The number of nitrogens with one attached hydrogen (secondary N) is 2. The highest BCUT2D eigenvalue weighted by molar-refractivity contribution is 8.01. The van der Waals surface area contributed by atoms with Crippen molar-refractivity contribution in [2.75, 3.05) is 18.2 Å². The number of rotatable bonds is 7. The summed E-state index contributed by atoms with van der Waals surface area (Å²) >= 11 is 13.7. The SMILES string of the molecule is COC(=O)[C@H](Cc1ccc(NC(=O)c2c(Cl)cccc2Cl)cc1)NC(=O)[C@@H]1CSC2(CCCC2)N1C(=O)O. The number of carbonyl (C=O) groups is 4. The molecule has 1 saturated heterocycles. The second-order valence-electron chi connectivity index (χ2n) is 9.17. The fourth-order valence-corrected chi connectivity index (χ4v) is 7.21. The van der Waals surface area contributed by atoms with Crippen LogP contribution in [0.15, 0.2) is 42.5 Å². The van der Waals surface area contributed by atoms with Gasteiger partial charge < -0.3 is 20.5 Å². The highest BCUT2D eigenvalue weighted by atomic mass is 35.5. The first-order valence-corrected chi connectivity index (χ1v) is 13.8. The number of methoxy groups -OCH3 is 1. The minimum atomic E-state index is -1.14. The second kappa shape index (κ2) is 11.8. The van der Waals surface area contributed by atoms with E-state index in [-0.39, 0.29) is 22.0 Å². The number of esters is 1. The van der Waals surface area contributed by atoms with Gasteiger partial charge in [0.25, 0.3) is 5.91 Å². The van der Waals surface area contributed by atoms with Crippen LogP contribution in [0.5, 0.6) is 0 Å². The van der Waals surface area contributed by atoms with Crippen molar-refractivity contribution < 1.29 is 29.0 Å². The van der Waals surface area contributed by atoms with Gasteiger partial charge in [-0.2, -0.15) is 0 Å². The molecule has 1 heterocycles. The third kappa shape index (κ3) is 5.87. The van der Waals surface area contributed by atoms with Crippen LogP contribution in [-0.4, -0.2) is 63.7 Å². The summed E-state index contributed by atoms with van der Waals surface area (Å²) in [6, 6.07) is 9.58. The van der Waals surface area contributed by atoms with Gasteiger partial charge in [-0.05, 0) is 42.7 Å². The van der Waals surface area contributed by atoms with Gasteiger partial charge in [-0.1, -0.05) is 54.2 Å². The van der Waals surface area contributed by atoms with Crippen molar-refractivity contribution in [3.63, 3.8) is 0 Å². The number of carboxylic acid groups (broad SMARTS) is 1. The van der Waals surface area contributed by atoms with Gasteiger partial charge in [0.2, 0.25) is 5.91 Å². The number of anilines is 1. The normalized spacial score (nSPS) is 18.7. The van der Waals surface area contributed by atoms with Gasteiger partial charge in [-0.15, -0.1) is 11.8 Å². The van der Waals surface area contributed by atoms with E-state index in [1.807, 2.05) is 0 Å². The summed E-state index contributed by atoms with van der Waals surface area (Å²) in [5.74, 6) is -1.31. The Labute approximate surface area is 234 Å². The van der Waals surface area contributed by atoms with Crippen molar-refractivity contribution in [2.45, 2.75) is 49.1 Å². The van der Waals surface area contributed by atoms with Gasteiger partial charge in [0.1, 0.15) is 12.1 Å². The maximum absolute atomic E-state index is 13.2. The van der Waals surface area contributed by atoms with E-state index in [0.29, 0.717) is 29.8 Å². The van der Waals surface area contributed by atoms with Crippen LogP contribution >= 0.6 is 35.0 Å². The van der Waals surface area contributed by atoms with E-state index < -0.39 is 40.8 Å². The van der Waals surface area contributed by atoms with Crippen LogP contribution in [0.3, 0.4) is 0 Å². The molecule has 1 saturated carbocycles. The standard InChI is InChI=1S/C26H27Cl2N3O6S/c1-37-24(34)19(30-22(32)20-14-38-26(11-2-3-12-26)31(20)25(35)36)13-15-7-9-16(10-8-15)29-23(33)21-17(27)5-4-6-18(21)28/h4-10,19-20H,2-3,11-14H2,1H3,(H,29,33)(H,30,32)(H,35,36)/t19-,20-/m0/s1. The van der Waals surface area contributed by atoms with Crippen LogP contribution in [0.1, 0.15) is 41.6 Å². The molecule has 2 atom stereocenters. The molecule has 1 aliphatic heterocycles. The van der Waals surface area contributed by atoms with Crippen molar-refractivity contribution in [3.05, 3.63) is 63.6 Å². The van der Waals surface area contributed by atoms with Crippen LogP contribution in [0.2, 0.25) is 10.0 Å². The molecular formula is C26H27Cl2N3O6S. The molecule has 2 aromatic rings. The van der Waals surface area contributed by atoms with Gasteiger partial charge in [-0.3, -0.25) is 14.5 Å². The number of benzene rings is 2. The average Bonchev–Trinajstić information content (AvgIpc) is 3.51. The molecule has 1 aliphatic carbocycles. The number of thioether (sulfide) groups is 1. The zero-order valence-electron chi connectivity index (χ0n) is 20.5. The Morgan fingerprint density at radius 2 is 1.74 bits per heavy atom. The van der Waals surface area contributed by atoms with Crippen LogP contribution in [0.4, 0.5) is 10.5 Å². The number of nitrogens with zero attached hydrogens (tertiary/aromatic N) is 1. The summed E-state index contributed by atoms with van der Waals surface area (Å²) in [6.07, 6.45) is 2.22. The Balaban J connectivity index is 1.43. The Bertz CT molecular complexity index is 1220. The van der Waals surface area contributed by atoms with Crippen LogP contribution in [-0.2, 0) is 20.7 Å². The summed E-state index contributed by atoms with van der Waals surface area (Å²) in [4.78, 5) is 51.1. The fourth-order valence-electron chi connectivity index (χ4n) is 4.95. The van der Waals surface area contributed by atoms with E-state index in [2.05, 4.69) is 10.6 Å². The summed E-state index contributed by atoms with van der Waals surface area (Å²) < 4.78 is 4.89. The van der Waals surface area contributed by atoms with Crippen LogP contribution in [0.25, 0.3) is 0 Å². The largest absolute Gasteiger partial charge is 0.467 e. The molecule has 4 rings (SSSR count). The number of amides is 3. The number of halogens is 2. The number of ether oxygens (including phenoxy) is 1. The first kappa shape index (κ1) is 28.1. The van der Waals surface area contributed by atoms with Gasteiger partial charge >= 0.3 is 12.1 Å². The van der Waals surface area contributed by atoms with Crippen molar-refractivity contribution >= 4 is 64.5 Å². The van der Waals surface area contributed by atoms with Gasteiger partial charge in [0.05, 0.1) is 27.6 Å². The number of carbonyl (C=O) groups excluding carboxylic acids is 3. The smallest absolute Gasteiger partial charge is 0.409 e. The minimum Gasteiger partial charge on any atom is -0.467 e. The van der Waals surface area contributed by atoms with E-state index in [1.165, 1.54) is 23.8 Å². The van der Waals surface area contributed by atoms with E-state index in [4.69, 9.17) is 27.9 Å². The highest BCUT2D eigenvalue weighted by Gasteiger charge is 2.53. The van der Waals surface area contributed by atoms with Crippen molar-refractivity contribution in [1.82, 2.24) is 10.2 Å². The van der Waals surface area contributed by atoms with Gasteiger partial charge in [-0.25, -0.2) is 9.59 Å². The molecule has 2 fully saturated rings. The number of hydrogen-bond acceptors (Lipinski definition) is 6. The first-order valence-electron chi connectivity index (χ1n) is 12.0. The summed E-state index contributed by atoms with van der Waals surface area (Å²) in [5, 5.41) is 15.8. The second-order valence-corrected chi connectivity index (χ2v) is 11.4. The van der Waals surface area contributed by atoms with E-state index in [0.717, 1.165) is 12.8 Å². The lowest BCUT2D eigenvalue weighted by Crippen LogP contribution is -2.56. The van der Waals surface area contributed by atoms with Crippen molar-refractivity contribution in [2.24, 2.45) is 0 Å². The molecule has 202 valence electrons. The Morgan fingerprint density at radius 1 is 1.11 bits per heavy atom. The monoisotopic (exact) mass is 579 g/mol. The van der Waals surface area contributed by atoms with Gasteiger partial charge in [0.15, 0.2) is 0 Å². The van der Waals surface area contributed by atoms with E-state index in [9.17, 15) is 24.3 Å². The van der Waals surface area contributed by atoms with Crippen molar-refractivity contribution in [1.29, 1.82) is 0 Å². The molecular weight excluding hydrogens is 553 g/mol. The fraction of sp³-hybridized carbons (Fsp3) is 0.385. The maximum atomic E-state index is 13.2. The van der Waals surface area contributed by atoms with Crippen molar-refractivity contribution in [3.8, 4) is 0 Å². The lowest BCUT2D eigenvalue weighted by atomic mass is 10.0. The Morgan fingerprint density at radius 3 is 2.32 bits per heavy atom. The van der Waals surface area contributed by atoms with E-state index >= 15 is 0 Å². The maximum Gasteiger partial charge on any atom is 0.409 e. The zero-order chi connectivity index (χ0) is 27.4. The first-order chi connectivity index (χ1) is 18.1. The lowest BCUT2D eigenvalue weighted by molar-refractivity contribution is -0.145. The lowest BCUT2D eigenvalue weighted by Gasteiger charge is -2.34. The molecule has 3 N–H and O–H groups in total. The third-order valence-electron chi connectivity index (χ3n) is 6.80. The molecule has 3 amide bonds. The molecule has 2 aliphatic rings. The molecule has 12 heteroatoms. The van der Waals surface area contributed by atoms with Crippen LogP contribution in [0, 0.1) is 0 Å². The molecule has 1 spiro atoms. The van der Waals surface area contributed by atoms with E-state index in [1.54, 1.807) is 42.5 Å². The molecule has 0 aromatic heterocycles. The minimum absolute atomic E-state index is 0.112. The Kier molecular flexibility index (Phi) is 8.74. The topological polar surface area (TPSA) is 125 Å². The predicted octanol–water partition coefficient (Wildman–Crippen LogP) is 4.81. The molecule has 2 aromatic carbocycles. The highest BCUT2D eigenvalue weighted by Crippen LogP contribution is 2.50. The predicted molar refractivity (Wildman–Crippen MR) is 146 cm³/mol. The van der Waals surface area contributed by atoms with Crippen LogP contribution < -0.4 is 10.6 Å². The summed E-state index contributed by atoms with van der Waals surface area (Å²) in [6.45, 7) is 0. The molecule has 9 nitrogen and oxygen atoms in total. The van der Waals surface area contributed by atoms with Gasteiger partial charge in [0, 0.05) is 17.9 Å². The molecule has 0 radical (unpaired) electrons. The molecule has 0 bridgehead atoms. The molecule has 38 heavy (non-hydrogen) atoms. The molecule has 0 unspecified atom stereocenters. The number of hydrogen-bond donors (Lipinski definition) is 3. The third-order valence-corrected chi connectivity index (χ3v) is 9.05. The zero-order valence-corrected chi connectivity index (χ0v) is 22.9. The quantitative estimate of drug-likeness (QED) is 0.402.